The van der Waals surface area contributed by atoms with E-state index in [2.05, 4.69) is 0 Å². The minimum atomic E-state index is -0.485. The number of aryl methyl sites for hydroxylation is 1. The Bertz CT molecular complexity index is 341. The molecule has 0 aliphatic carbocycles. The van der Waals surface area contributed by atoms with E-state index in [0.717, 1.165) is 6.07 Å². The maximum Gasteiger partial charge on any atom is 0.136 e. The van der Waals surface area contributed by atoms with Gasteiger partial charge in [0.25, 0.3) is 0 Å². The number of phenolic OH excluding ortho intramolecular Hbond substituents is 1. The highest BCUT2D eigenvalue weighted by atomic mass is 19.1. The molecule has 0 saturated carbocycles. The van der Waals surface area contributed by atoms with Crippen molar-refractivity contribution in [2.24, 2.45) is 0 Å². The number of nitrogens with zero attached hydrogens (tertiary/aromatic N) is 1. The van der Waals surface area contributed by atoms with Crippen molar-refractivity contribution in [2.45, 2.75) is 13.3 Å². The molecular formula is C9H8FNO. The Labute approximate surface area is 69.9 Å². The van der Waals surface area contributed by atoms with E-state index in [9.17, 15) is 9.50 Å². The second-order valence-electron chi connectivity index (χ2n) is 2.43. The minimum Gasteiger partial charge on any atom is -0.506 e. The van der Waals surface area contributed by atoms with E-state index in [-0.39, 0.29) is 11.3 Å². The van der Waals surface area contributed by atoms with Crippen LogP contribution in [0.5, 0.6) is 5.75 Å². The number of benzene rings is 1. The van der Waals surface area contributed by atoms with Gasteiger partial charge in [-0.2, -0.15) is 5.26 Å². The van der Waals surface area contributed by atoms with E-state index >= 15 is 0 Å². The third-order valence-electron chi connectivity index (χ3n) is 1.65. The van der Waals surface area contributed by atoms with Gasteiger partial charge in [-0.15, -0.1) is 0 Å². The highest BCUT2D eigenvalue weighted by molar-refractivity contribution is 5.47. The Hall–Kier alpha value is -1.56. The van der Waals surface area contributed by atoms with Gasteiger partial charge in [0.2, 0.25) is 0 Å². The number of nitriles is 1. The maximum atomic E-state index is 12.7. The second-order valence-corrected chi connectivity index (χ2v) is 2.43. The summed E-state index contributed by atoms with van der Waals surface area (Å²) in [4.78, 5) is 0. The Morgan fingerprint density at radius 1 is 1.58 bits per heavy atom. The molecule has 3 heteroatoms. The SMILES string of the molecule is CCc1cc(F)cc(C#N)c1O. The van der Waals surface area contributed by atoms with Crippen LogP contribution in [0.25, 0.3) is 0 Å². The third-order valence-corrected chi connectivity index (χ3v) is 1.65. The fourth-order valence-corrected chi connectivity index (χ4v) is 1.01. The van der Waals surface area contributed by atoms with Crippen LogP contribution in [0.4, 0.5) is 4.39 Å². The first-order valence-corrected chi connectivity index (χ1v) is 3.60. The lowest BCUT2D eigenvalue weighted by molar-refractivity contribution is 0.464. The molecule has 0 radical (unpaired) electrons. The van der Waals surface area contributed by atoms with Gasteiger partial charge in [-0.05, 0) is 24.1 Å². The van der Waals surface area contributed by atoms with E-state index < -0.39 is 5.82 Å². The van der Waals surface area contributed by atoms with Crippen LogP contribution in [0.1, 0.15) is 18.1 Å². The summed E-state index contributed by atoms with van der Waals surface area (Å²) in [5.74, 6) is -0.595. The predicted octanol–water partition coefficient (Wildman–Crippen LogP) is 1.97. The second kappa shape index (κ2) is 3.22. The molecule has 0 atom stereocenters. The normalized spacial score (nSPS) is 9.42. The Balaban J connectivity index is 3.34. The van der Waals surface area contributed by atoms with Crippen molar-refractivity contribution in [2.75, 3.05) is 0 Å². The van der Waals surface area contributed by atoms with Gasteiger partial charge in [0.05, 0.1) is 5.56 Å². The summed E-state index contributed by atoms with van der Waals surface area (Å²) in [6.45, 7) is 1.79. The van der Waals surface area contributed by atoms with Crippen molar-refractivity contribution in [3.05, 3.63) is 29.1 Å². The molecule has 62 valence electrons. The zero-order chi connectivity index (χ0) is 9.14. The van der Waals surface area contributed by atoms with Gasteiger partial charge in [0.15, 0.2) is 0 Å². The van der Waals surface area contributed by atoms with Crippen molar-refractivity contribution in [1.29, 1.82) is 5.26 Å². The van der Waals surface area contributed by atoms with E-state index in [1.54, 1.807) is 13.0 Å². The molecular weight excluding hydrogens is 157 g/mol. The lowest BCUT2D eigenvalue weighted by atomic mass is 10.1. The molecule has 1 rings (SSSR count). The van der Waals surface area contributed by atoms with E-state index in [0.29, 0.717) is 12.0 Å². The quantitative estimate of drug-likeness (QED) is 0.691. The zero-order valence-electron chi connectivity index (χ0n) is 6.63. The summed E-state index contributed by atoms with van der Waals surface area (Å²) < 4.78 is 12.7. The topological polar surface area (TPSA) is 44.0 Å². The molecule has 0 bridgehead atoms. The fraction of sp³-hybridized carbons (Fsp3) is 0.222. The Kier molecular flexibility index (Phi) is 2.29. The smallest absolute Gasteiger partial charge is 0.136 e. The molecule has 2 nitrogen and oxygen atoms in total. The van der Waals surface area contributed by atoms with Gasteiger partial charge < -0.3 is 5.11 Å². The van der Waals surface area contributed by atoms with Crippen LogP contribution in [0, 0.1) is 17.1 Å². The van der Waals surface area contributed by atoms with Crippen molar-refractivity contribution in [3.63, 3.8) is 0 Å². The van der Waals surface area contributed by atoms with Gasteiger partial charge in [0, 0.05) is 0 Å². The largest absolute Gasteiger partial charge is 0.506 e. The molecule has 0 aromatic heterocycles. The van der Waals surface area contributed by atoms with Crippen LogP contribution >= 0.6 is 0 Å². The molecule has 0 unspecified atom stereocenters. The lowest BCUT2D eigenvalue weighted by Crippen LogP contribution is -1.88. The van der Waals surface area contributed by atoms with Crippen molar-refractivity contribution < 1.29 is 9.50 Å². The van der Waals surface area contributed by atoms with E-state index in [4.69, 9.17) is 5.26 Å². The predicted molar refractivity (Wildman–Crippen MR) is 42.2 cm³/mol. The summed E-state index contributed by atoms with van der Waals surface area (Å²) in [6.07, 6.45) is 0.512. The highest BCUT2D eigenvalue weighted by Crippen LogP contribution is 2.23. The molecule has 12 heavy (non-hydrogen) atoms. The van der Waals surface area contributed by atoms with Crippen LogP contribution in [0.3, 0.4) is 0 Å². The number of phenols is 1. The summed E-state index contributed by atoms with van der Waals surface area (Å²) in [5.41, 5.74) is 0.457. The van der Waals surface area contributed by atoms with Crippen LogP contribution in [0.2, 0.25) is 0 Å². The maximum absolute atomic E-state index is 12.7. The number of hydrogen-bond acceptors (Lipinski definition) is 2. The molecule has 0 heterocycles. The summed E-state index contributed by atoms with van der Waals surface area (Å²) >= 11 is 0. The zero-order valence-corrected chi connectivity index (χ0v) is 6.63. The molecule has 0 aliphatic rings. The van der Waals surface area contributed by atoms with Gasteiger partial charge in [0.1, 0.15) is 17.6 Å². The first-order valence-electron chi connectivity index (χ1n) is 3.60. The third kappa shape index (κ3) is 1.37. The fourth-order valence-electron chi connectivity index (χ4n) is 1.01. The monoisotopic (exact) mass is 165 g/mol. The standard InChI is InChI=1S/C9H8FNO/c1-2-6-3-8(10)4-7(5-11)9(6)12/h3-4,12H,2H2,1H3. The summed E-state index contributed by atoms with van der Waals surface area (Å²) in [6, 6.07) is 3.98. The molecule has 1 aromatic rings. The number of hydrogen-bond donors (Lipinski definition) is 1. The van der Waals surface area contributed by atoms with Crippen LogP contribution in [-0.2, 0) is 6.42 Å². The summed E-state index contributed by atoms with van der Waals surface area (Å²) in [7, 11) is 0. The van der Waals surface area contributed by atoms with Crippen LogP contribution < -0.4 is 0 Å². The molecule has 0 saturated heterocycles. The van der Waals surface area contributed by atoms with Crippen LogP contribution in [0.15, 0.2) is 12.1 Å². The molecule has 0 aliphatic heterocycles. The van der Waals surface area contributed by atoms with E-state index in [1.807, 2.05) is 0 Å². The van der Waals surface area contributed by atoms with Crippen molar-refractivity contribution in [1.82, 2.24) is 0 Å². The molecule has 0 spiro atoms. The average molecular weight is 165 g/mol. The first-order chi connectivity index (χ1) is 5.69. The minimum absolute atomic E-state index is 0.00755. The number of aromatic hydroxyl groups is 1. The van der Waals surface area contributed by atoms with E-state index in [1.165, 1.54) is 6.07 Å². The number of halogens is 1. The van der Waals surface area contributed by atoms with Crippen LogP contribution in [-0.4, -0.2) is 5.11 Å². The molecule has 1 N–H and O–H groups in total. The Morgan fingerprint density at radius 2 is 2.25 bits per heavy atom. The van der Waals surface area contributed by atoms with Gasteiger partial charge in [-0.1, -0.05) is 6.92 Å². The van der Waals surface area contributed by atoms with Gasteiger partial charge in [-0.25, -0.2) is 4.39 Å². The highest BCUT2D eigenvalue weighted by Gasteiger charge is 2.07. The van der Waals surface area contributed by atoms with Crippen molar-refractivity contribution in [3.8, 4) is 11.8 Å². The summed E-state index contributed by atoms with van der Waals surface area (Å²) in [5, 5.41) is 17.8. The lowest BCUT2D eigenvalue weighted by Gasteiger charge is -2.02. The molecule has 1 aromatic carbocycles. The van der Waals surface area contributed by atoms with Gasteiger partial charge in [-0.3, -0.25) is 0 Å². The average Bonchev–Trinajstić information content (AvgIpc) is 2.08. The first kappa shape index (κ1) is 8.54. The van der Waals surface area contributed by atoms with Gasteiger partial charge >= 0.3 is 0 Å². The molecule has 0 amide bonds. The number of rotatable bonds is 1. The Morgan fingerprint density at radius 3 is 2.75 bits per heavy atom. The molecule has 0 fully saturated rings. The van der Waals surface area contributed by atoms with Crippen molar-refractivity contribution >= 4 is 0 Å².